The molecule has 1 fully saturated rings. The first-order valence-electron chi connectivity index (χ1n) is 5.46. The number of carbonyl (C=O) groups excluding carboxylic acids is 2. The van der Waals surface area contributed by atoms with Crippen molar-refractivity contribution in [2.45, 2.75) is 25.3 Å². The Morgan fingerprint density at radius 3 is 2.58 bits per heavy atom. The minimum Gasteiger partial charge on any atom is -0.464 e. The number of nitrogens with zero attached hydrogens (tertiary/aromatic N) is 1. The van der Waals surface area contributed by atoms with E-state index < -0.39 is 38.1 Å². The highest BCUT2D eigenvalue weighted by molar-refractivity contribution is 8.73. The molecule has 19 heavy (non-hydrogen) atoms. The lowest BCUT2D eigenvalue weighted by molar-refractivity contribution is -0.158. The van der Waals surface area contributed by atoms with Gasteiger partial charge < -0.3 is 9.84 Å². The summed E-state index contributed by atoms with van der Waals surface area (Å²) in [7, 11) is -2.00. The van der Waals surface area contributed by atoms with E-state index in [0.29, 0.717) is 10.8 Å². The molecule has 0 aromatic rings. The molecule has 1 amide bonds. The molecule has 0 saturated carbocycles. The van der Waals surface area contributed by atoms with Gasteiger partial charge in [-0.05, 0) is 13.8 Å². The topological polar surface area (TPSA) is 101 Å². The van der Waals surface area contributed by atoms with Gasteiger partial charge in [0.2, 0.25) is 14.8 Å². The molecule has 0 aromatic carbocycles. The van der Waals surface area contributed by atoms with Crippen LogP contribution in [0.2, 0.25) is 0 Å². The number of ether oxygens (including phenoxy) is 1. The molecule has 2 heterocycles. The summed E-state index contributed by atoms with van der Waals surface area (Å²) in [5, 5.41) is 8.30. The van der Waals surface area contributed by atoms with Crippen LogP contribution in [0.1, 0.15) is 13.8 Å². The number of esters is 1. The molecule has 0 radical (unpaired) electrons. The van der Waals surface area contributed by atoms with E-state index in [-0.39, 0.29) is 10.6 Å². The van der Waals surface area contributed by atoms with Crippen LogP contribution in [0.15, 0.2) is 10.6 Å². The molecule has 1 saturated heterocycles. The van der Waals surface area contributed by atoms with Crippen LogP contribution < -0.4 is 0 Å². The molecular weight excluding hydrogens is 294 g/mol. The number of hydrogen-bond acceptors (Lipinski definition) is 7. The normalized spacial score (nSPS) is 30.5. The Bertz CT molecular complexity index is 579. The Morgan fingerprint density at radius 2 is 2.11 bits per heavy atom. The van der Waals surface area contributed by atoms with Crippen LogP contribution in [0, 0.1) is 5.92 Å². The second kappa shape index (κ2) is 4.50. The van der Waals surface area contributed by atoms with E-state index >= 15 is 0 Å². The zero-order valence-corrected chi connectivity index (χ0v) is 12.1. The van der Waals surface area contributed by atoms with E-state index in [4.69, 9.17) is 0 Å². The maximum Gasteiger partial charge on any atom is 0.355 e. The molecule has 0 spiro atoms. The standard InChI is InChI=1S/C10H13NO6S2/c1-4(12)6-8(13)11-7(10(14)17-3)5(2)18-19(15,16)9(6)11/h4,6,9,12H,1-3H3/t4-,6+,9-/m1/s1. The van der Waals surface area contributed by atoms with Gasteiger partial charge in [-0.2, -0.15) is 0 Å². The van der Waals surface area contributed by atoms with Crippen molar-refractivity contribution in [3.63, 3.8) is 0 Å². The third kappa shape index (κ3) is 1.96. The zero-order valence-electron chi connectivity index (χ0n) is 10.5. The SMILES string of the molecule is COC(=O)C1=C(C)SS(=O)(=O)[C@@H]2[C@@H]([C@@H](C)O)C(=O)N12. The molecule has 2 rings (SSSR count). The van der Waals surface area contributed by atoms with Crippen molar-refractivity contribution in [2.24, 2.45) is 5.92 Å². The van der Waals surface area contributed by atoms with Gasteiger partial charge in [-0.15, -0.1) is 0 Å². The van der Waals surface area contributed by atoms with E-state index in [0.717, 1.165) is 12.0 Å². The largest absolute Gasteiger partial charge is 0.464 e. The molecule has 3 atom stereocenters. The van der Waals surface area contributed by atoms with Crippen LogP contribution >= 0.6 is 10.8 Å². The quantitative estimate of drug-likeness (QED) is 0.422. The Morgan fingerprint density at radius 1 is 1.53 bits per heavy atom. The first-order valence-corrected chi connectivity index (χ1v) is 8.34. The van der Waals surface area contributed by atoms with E-state index in [1.54, 1.807) is 0 Å². The lowest BCUT2D eigenvalue weighted by Crippen LogP contribution is -2.67. The number of hydrogen-bond donors (Lipinski definition) is 1. The maximum absolute atomic E-state index is 12.0. The van der Waals surface area contributed by atoms with E-state index in [1.165, 1.54) is 13.8 Å². The van der Waals surface area contributed by atoms with Gasteiger partial charge in [0, 0.05) is 15.7 Å². The molecule has 9 heteroatoms. The van der Waals surface area contributed by atoms with E-state index in [2.05, 4.69) is 4.74 Å². The molecule has 2 aliphatic heterocycles. The minimum atomic E-state index is -3.68. The summed E-state index contributed by atoms with van der Waals surface area (Å²) < 4.78 is 28.6. The van der Waals surface area contributed by atoms with Crippen LogP contribution in [0.3, 0.4) is 0 Å². The van der Waals surface area contributed by atoms with Gasteiger partial charge in [0.05, 0.1) is 13.2 Å². The zero-order chi connectivity index (χ0) is 14.5. The fraction of sp³-hybridized carbons (Fsp3) is 0.600. The highest BCUT2D eigenvalue weighted by Crippen LogP contribution is 2.48. The highest BCUT2D eigenvalue weighted by Gasteiger charge is 2.61. The minimum absolute atomic E-state index is 0.0609. The van der Waals surface area contributed by atoms with Crippen molar-refractivity contribution in [1.29, 1.82) is 0 Å². The van der Waals surface area contributed by atoms with Crippen LogP contribution in [0.25, 0.3) is 0 Å². The summed E-state index contributed by atoms with van der Waals surface area (Å²) in [5.74, 6) is -2.38. The van der Waals surface area contributed by atoms with Crippen LogP contribution in [0.5, 0.6) is 0 Å². The van der Waals surface area contributed by atoms with Gasteiger partial charge in [-0.25, -0.2) is 13.2 Å². The lowest BCUT2D eigenvalue weighted by atomic mass is 9.92. The van der Waals surface area contributed by atoms with Crippen molar-refractivity contribution < 1.29 is 27.9 Å². The first-order chi connectivity index (χ1) is 8.72. The van der Waals surface area contributed by atoms with Gasteiger partial charge in [0.15, 0.2) is 5.37 Å². The number of carbonyl (C=O) groups is 2. The lowest BCUT2D eigenvalue weighted by Gasteiger charge is -2.49. The van der Waals surface area contributed by atoms with Crippen molar-refractivity contribution in [1.82, 2.24) is 4.90 Å². The van der Waals surface area contributed by atoms with Crippen LogP contribution in [0.4, 0.5) is 0 Å². The molecule has 1 N–H and O–H groups in total. The Labute approximate surface area is 113 Å². The molecule has 0 aliphatic carbocycles. The summed E-state index contributed by atoms with van der Waals surface area (Å²) in [4.78, 5) is 24.7. The van der Waals surface area contributed by atoms with Crippen molar-refractivity contribution in [3.05, 3.63) is 10.6 Å². The van der Waals surface area contributed by atoms with E-state index in [1.807, 2.05) is 0 Å². The van der Waals surface area contributed by atoms with Crippen molar-refractivity contribution >= 4 is 31.5 Å². The highest BCUT2D eigenvalue weighted by atomic mass is 33.1. The van der Waals surface area contributed by atoms with Crippen LogP contribution in [-0.4, -0.2) is 48.9 Å². The summed E-state index contributed by atoms with van der Waals surface area (Å²) in [6, 6.07) is 0. The van der Waals surface area contributed by atoms with Gasteiger partial charge in [0.1, 0.15) is 11.6 Å². The maximum atomic E-state index is 12.0. The van der Waals surface area contributed by atoms with Gasteiger partial charge in [-0.3, -0.25) is 9.69 Å². The predicted molar refractivity (Wildman–Crippen MR) is 67.0 cm³/mol. The Kier molecular flexibility index (Phi) is 3.40. The second-order valence-corrected chi connectivity index (χ2v) is 8.48. The number of rotatable bonds is 2. The Balaban J connectivity index is 2.52. The number of aliphatic hydroxyl groups excluding tert-OH is 1. The summed E-state index contributed by atoms with van der Waals surface area (Å²) in [6.45, 7) is 2.79. The van der Waals surface area contributed by atoms with Crippen LogP contribution in [-0.2, 0) is 23.2 Å². The van der Waals surface area contributed by atoms with Gasteiger partial charge in [0.25, 0.3) is 0 Å². The average molecular weight is 307 g/mol. The first kappa shape index (κ1) is 14.4. The number of allylic oxidation sites excluding steroid dienone is 1. The fourth-order valence-electron chi connectivity index (χ4n) is 2.25. The van der Waals surface area contributed by atoms with E-state index in [9.17, 15) is 23.1 Å². The van der Waals surface area contributed by atoms with Gasteiger partial charge in [-0.1, -0.05) is 0 Å². The summed E-state index contributed by atoms with van der Waals surface area (Å²) in [5.41, 5.74) is -0.0609. The Hall–Kier alpha value is -1.06. The predicted octanol–water partition coefficient (Wildman–Crippen LogP) is -0.367. The molecule has 7 nitrogen and oxygen atoms in total. The monoisotopic (exact) mass is 307 g/mol. The molecule has 106 valence electrons. The third-order valence-corrected chi connectivity index (χ3v) is 6.90. The summed E-state index contributed by atoms with van der Waals surface area (Å²) >= 11 is 0. The second-order valence-electron chi connectivity index (χ2n) is 4.34. The molecular formula is C10H13NO6S2. The molecule has 2 aliphatic rings. The number of methoxy groups -OCH3 is 1. The van der Waals surface area contributed by atoms with Crippen molar-refractivity contribution in [3.8, 4) is 0 Å². The number of fused-ring (bicyclic) bond motifs is 1. The molecule has 0 aromatic heterocycles. The summed E-state index contributed by atoms with van der Waals surface area (Å²) in [6.07, 6.45) is -1.10. The number of aliphatic hydroxyl groups is 1. The van der Waals surface area contributed by atoms with Gasteiger partial charge >= 0.3 is 5.97 Å². The number of β-lactam (4-membered cyclic amide) rings is 1. The average Bonchev–Trinajstić information content (AvgIpc) is 2.28. The number of amides is 1. The molecule has 0 bridgehead atoms. The third-order valence-electron chi connectivity index (χ3n) is 3.09. The smallest absolute Gasteiger partial charge is 0.355 e. The molecule has 0 unspecified atom stereocenters. The fourth-order valence-corrected chi connectivity index (χ4v) is 6.32. The van der Waals surface area contributed by atoms with Crippen molar-refractivity contribution in [2.75, 3.05) is 7.11 Å².